The number of nitrogens with zero attached hydrogens (tertiary/aromatic N) is 2. The number of carbonyl (C=O) groups is 4. The number of nitrogens with one attached hydrogen (secondary N) is 3. The van der Waals surface area contributed by atoms with Crippen molar-refractivity contribution in [1.29, 1.82) is 0 Å². The SMILES string of the molecule is CC[C@]12c3c4ccc(OC(=O)N(C)CCNC(=O)C(CCN=C(N)N)NC(=O)c5ccc6c(c5)OCO6)c3OC1C(=O)CCC2[C@H](NC)C4. The van der Waals surface area contributed by atoms with E-state index in [9.17, 15) is 19.2 Å². The van der Waals surface area contributed by atoms with E-state index in [1.807, 2.05) is 13.1 Å². The molecule has 15 heteroatoms. The summed E-state index contributed by atoms with van der Waals surface area (Å²) in [5, 5.41) is 8.95. The molecule has 5 atom stereocenters. The highest BCUT2D eigenvalue weighted by atomic mass is 16.7. The van der Waals surface area contributed by atoms with Crippen LogP contribution in [0.2, 0.25) is 0 Å². The quantitative estimate of drug-likeness (QED) is 0.158. The molecule has 49 heavy (non-hydrogen) atoms. The highest BCUT2D eigenvalue weighted by molar-refractivity contribution is 5.98. The number of Topliss-reactive ketones (excluding diaryl/α,β-unsaturated/α-hetero) is 1. The van der Waals surface area contributed by atoms with E-state index >= 15 is 0 Å². The number of fused-ring (bicyclic) bond motifs is 1. The maximum absolute atomic E-state index is 13.2. The van der Waals surface area contributed by atoms with Crippen LogP contribution in [0.3, 0.4) is 0 Å². The molecule has 2 aromatic carbocycles. The van der Waals surface area contributed by atoms with Crippen LogP contribution in [0.4, 0.5) is 4.79 Å². The van der Waals surface area contributed by atoms with Crippen molar-refractivity contribution < 1.29 is 38.1 Å². The van der Waals surface area contributed by atoms with Gasteiger partial charge in [0.2, 0.25) is 12.7 Å². The third kappa shape index (κ3) is 6.30. The summed E-state index contributed by atoms with van der Waals surface area (Å²) in [4.78, 5) is 57.9. The molecule has 2 aliphatic heterocycles. The van der Waals surface area contributed by atoms with Gasteiger partial charge in [0.1, 0.15) is 6.04 Å². The number of rotatable bonds is 12. The van der Waals surface area contributed by atoms with Gasteiger partial charge in [-0.15, -0.1) is 0 Å². The fourth-order valence-corrected chi connectivity index (χ4v) is 7.73. The van der Waals surface area contributed by atoms with Crippen molar-refractivity contribution in [2.24, 2.45) is 22.4 Å². The summed E-state index contributed by atoms with van der Waals surface area (Å²) in [6, 6.07) is 7.66. The monoisotopic (exact) mass is 677 g/mol. The van der Waals surface area contributed by atoms with Crippen LogP contribution in [0.15, 0.2) is 35.3 Å². The van der Waals surface area contributed by atoms with Crippen molar-refractivity contribution in [2.75, 3.05) is 40.5 Å². The highest BCUT2D eigenvalue weighted by Crippen LogP contribution is 2.61. The first-order valence-electron chi connectivity index (χ1n) is 16.6. The number of aliphatic imine (C=N–C) groups is 1. The molecule has 262 valence electrons. The molecule has 15 nitrogen and oxygen atoms in total. The van der Waals surface area contributed by atoms with Gasteiger partial charge in [-0.3, -0.25) is 19.4 Å². The molecular formula is C34H43N7O8. The number of benzene rings is 2. The molecule has 0 radical (unpaired) electrons. The smallest absolute Gasteiger partial charge is 0.415 e. The van der Waals surface area contributed by atoms with Crippen molar-refractivity contribution in [3.63, 3.8) is 0 Å². The topological polar surface area (TPSA) is 209 Å². The number of ketones is 1. The summed E-state index contributed by atoms with van der Waals surface area (Å²) in [5.74, 6) is 0.876. The Bertz CT molecular complexity index is 1680. The first-order chi connectivity index (χ1) is 23.6. The first-order valence-corrected chi connectivity index (χ1v) is 16.6. The minimum absolute atomic E-state index is 0.0625. The van der Waals surface area contributed by atoms with Gasteiger partial charge in [0.15, 0.2) is 40.8 Å². The Labute approximate surface area is 284 Å². The second kappa shape index (κ2) is 13.8. The third-order valence-corrected chi connectivity index (χ3v) is 10.1. The fraction of sp³-hybridized carbons (Fsp3) is 0.500. The highest BCUT2D eigenvalue weighted by Gasteiger charge is 2.62. The average Bonchev–Trinajstić information content (AvgIpc) is 3.72. The largest absolute Gasteiger partial charge is 0.477 e. The van der Waals surface area contributed by atoms with E-state index in [1.54, 1.807) is 25.2 Å². The number of hydrogen-bond acceptors (Lipinski definition) is 10. The Morgan fingerprint density at radius 2 is 1.96 bits per heavy atom. The van der Waals surface area contributed by atoms with Crippen LogP contribution in [0.25, 0.3) is 0 Å². The molecule has 0 spiro atoms. The Morgan fingerprint density at radius 3 is 2.71 bits per heavy atom. The lowest BCUT2D eigenvalue weighted by atomic mass is 9.54. The second-order valence-electron chi connectivity index (χ2n) is 12.8. The molecule has 2 heterocycles. The molecule has 6 rings (SSSR count). The van der Waals surface area contributed by atoms with Crippen LogP contribution < -0.4 is 46.4 Å². The first kappa shape index (κ1) is 33.8. The molecule has 2 aromatic rings. The molecule has 0 aromatic heterocycles. The minimum atomic E-state index is -0.974. The predicted molar refractivity (Wildman–Crippen MR) is 178 cm³/mol. The number of amides is 3. The molecular weight excluding hydrogens is 634 g/mol. The molecule has 0 saturated heterocycles. The van der Waals surface area contributed by atoms with Gasteiger partial charge in [0.05, 0.1) is 0 Å². The summed E-state index contributed by atoms with van der Waals surface area (Å²) in [5.41, 5.74) is 12.8. The van der Waals surface area contributed by atoms with E-state index in [0.29, 0.717) is 23.7 Å². The van der Waals surface area contributed by atoms with E-state index in [4.69, 9.17) is 30.4 Å². The van der Waals surface area contributed by atoms with E-state index < -0.39 is 35.5 Å². The van der Waals surface area contributed by atoms with E-state index in [0.717, 1.165) is 30.4 Å². The molecule has 7 N–H and O–H groups in total. The van der Waals surface area contributed by atoms with E-state index in [2.05, 4.69) is 27.9 Å². The summed E-state index contributed by atoms with van der Waals surface area (Å²) >= 11 is 0. The standard InChI is InChI=1S/C34H43N7O8/c1-4-34-20-7-8-23(42)29(34)49-28-25(10-5-18(27(28)34)15-22(20)37-2)48-33(45)41(3)14-13-38-31(44)21(11-12-39-32(35)36)40-30(43)19-6-9-24-26(16-19)47-17-46-24/h5-6,9-10,16,20-22,29,37H,4,7-8,11-15,17H2,1-3H3,(H,38,44)(H,40,43)(H4,35,36,39)/t20?,21?,22-,29?,34+/m1/s1. The lowest BCUT2D eigenvalue weighted by Gasteiger charge is -2.50. The molecule has 0 bridgehead atoms. The van der Waals surface area contributed by atoms with Gasteiger partial charge >= 0.3 is 6.09 Å². The number of likely N-dealkylation sites (N-methyl/N-ethyl adjacent to an activating group) is 2. The Morgan fingerprint density at radius 1 is 1.16 bits per heavy atom. The van der Waals surface area contributed by atoms with Crippen LogP contribution in [-0.4, -0.2) is 93.3 Å². The zero-order valence-corrected chi connectivity index (χ0v) is 27.9. The van der Waals surface area contributed by atoms with Crippen molar-refractivity contribution in [2.45, 2.75) is 62.6 Å². The zero-order chi connectivity index (χ0) is 34.9. The van der Waals surface area contributed by atoms with Gasteiger partial charge in [-0.2, -0.15) is 0 Å². The third-order valence-electron chi connectivity index (χ3n) is 10.1. The Hall–Kier alpha value is -5.05. The molecule has 3 unspecified atom stereocenters. The molecule has 3 amide bonds. The number of hydrogen-bond donors (Lipinski definition) is 5. The maximum atomic E-state index is 13.2. The normalized spacial score (nSPS) is 23.1. The molecule has 1 saturated carbocycles. The summed E-state index contributed by atoms with van der Waals surface area (Å²) < 4.78 is 22.9. The second-order valence-corrected chi connectivity index (χ2v) is 12.8. The lowest BCUT2D eigenvalue weighted by Crippen LogP contribution is -2.60. The number of carbonyl (C=O) groups excluding carboxylic acids is 4. The lowest BCUT2D eigenvalue weighted by molar-refractivity contribution is -0.134. The van der Waals surface area contributed by atoms with Crippen LogP contribution in [0.5, 0.6) is 23.0 Å². The van der Waals surface area contributed by atoms with Crippen LogP contribution in [-0.2, 0) is 21.4 Å². The Kier molecular flexibility index (Phi) is 9.54. The van der Waals surface area contributed by atoms with Gasteiger partial charge in [0.25, 0.3) is 5.91 Å². The summed E-state index contributed by atoms with van der Waals surface area (Å²) in [7, 11) is 3.51. The van der Waals surface area contributed by atoms with Crippen LogP contribution in [0, 0.1) is 5.92 Å². The zero-order valence-electron chi connectivity index (χ0n) is 27.9. The molecule has 4 aliphatic rings. The van der Waals surface area contributed by atoms with Crippen molar-refractivity contribution >= 4 is 29.7 Å². The van der Waals surface area contributed by atoms with Gasteiger partial charge in [-0.25, -0.2) is 4.79 Å². The summed E-state index contributed by atoms with van der Waals surface area (Å²) in [6.07, 6.45) is 1.63. The van der Waals surface area contributed by atoms with Gasteiger partial charge in [-0.1, -0.05) is 13.0 Å². The Balaban J connectivity index is 1.09. The van der Waals surface area contributed by atoms with Crippen molar-refractivity contribution in [3.05, 3.63) is 47.0 Å². The number of nitrogens with two attached hydrogens (primary N) is 2. The van der Waals surface area contributed by atoms with E-state index in [1.165, 1.54) is 11.0 Å². The fourth-order valence-electron chi connectivity index (χ4n) is 7.73. The molecule has 2 aliphatic carbocycles. The molecule has 1 fully saturated rings. The van der Waals surface area contributed by atoms with Crippen molar-refractivity contribution in [1.82, 2.24) is 20.9 Å². The van der Waals surface area contributed by atoms with Gasteiger partial charge in [0, 0.05) is 55.7 Å². The number of ether oxygens (including phenoxy) is 4. The van der Waals surface area contributed by atoms with Crippen LogP contribution in [0.1, 0.15) is 54.1 Å². The van der Waals surface area contributed by atoms with Crippen LogP contribution >= 0.6 is 0 Å². The van der Waals surface area contributed by atoms with Gasteiger partial charge in [-0.05, 0) is 68.5 Å². The maximum Gasteiger partial charge on any atom is 0.415 e. The predicted octanol–water partition coefficient (Wildman–Crippen LogP) is 0.956. The summed E-state index contributed by atoms with van der Waals surface area (Å²) in [6.45, 7) is 2.43. The van der Waals surface area contributed by atoms with Crippen molar-refractivity contribution in [3.8, 4) is 23.0 Å². The van der Waals surface area contributed by atoms with Gasteiger partial charge < -0.3 is 51.3 Å². The van der Waals surface area contributed by atoms with E-state index in [-0.39, 0.29) is 67.9 Å². The minimum Gasteiger partial charge on any atom is -0.477 e. The number of guanidine groups is 1. The average molecular weight is 678 g/mol.